The zero-order valence-corrected chi connectivity index (χ0v) is 20.7. The zero-order valence-electron chi connectivity index (χ0n) is 20.7. The number of primary amides is 1. The quantitative estimate of drug-likeness (QED) is 0.254. The molecular formula is C27H27N3O8. The number of aromatic hydroxyl groups is 1. The number of rotatable bonds is 4. The van der Waals surface area contributed by atoms with E-state index in [2.05, 4.69) is 4.99 Å². The van der Waals surface area contributed by atoms with Gasteiger partial charge in [-0.3, -0.25) is 19.4 Å². The van der Waals surface area contributed by atoms with Crippen molar-refractivity contribution >= 4 is 29.4 Å². The summed E-state index contributed by atoms with van der Waals surface area (Å²) in [5.74, 6) is -5.35. The number of furan rings is 1. The number of carbonyl (C=O) groups is 3. The summed E-state index contributed by atoms with van der Waals surface area (Å²) in [5.41, 5.74) is 6.71. The Bertz CT molecular complexity index is 1520. The molecule has 1 fully saturated rings. The Labute approximate surface area is 216 Å². The van der Waals surface area contributed by atoms with Crippen molar-refractivity contribution in [3.05, 3.63) is 58.1 Å². The molecule has 11 nitrogen and oxygen atoms in total. The molecule has 3 aliphatic carbocycles. The van der Waals surface area contributed by atoms with Gasteiger partial charge in [-0.1, -0.05) is 6.92 Å². The number of aliphatic hydroxyl groups excluding tert-OH is 2. The van der Waals surface area contributed by atoms with Crippen molar-refractivity contribution in [2.24, 2.45) is 27.8 Å². The Morgan fingerprint density at radius 3 is 2.58 bits per heavy atom. The minimum Gasteiger partial charge on any atom is -0.508 e. The van der Waals surface area contributed by atoms with Gasteiger partial charge in [-0.05, 0) is 55.5 Å². The maximum atomic E-state index is 13.8. The molecule has 11 heteroatoms. The smallest absolute Gasteiger partial charge is 0.255 e. The lowest BCUT2D eigenvalue weighted by atomic mass is 9.50. The molecule has 4 atom stereocenters. The summed E-state index contributed by atoms with van der Waals surface area (Å²) in [6.07, 6.45) is 1.58. The van der Waals surface area contributed by atoms with Gasteiger partial charge in [0, 0.05) is 23.1 Å². The molecule has 5 rings (SSSR count). The molecule has 38 heavy (non-hydrogen) atoms. The van der Waals surface area contributed by atoms with E-state index >= 15 is 0 Å². The fourth-order valence-corrected chi connectivity index (χ4v) is 6.06. The number of nitrogens with two attached hydrogens (primary N) is 2. The van der Waals surface area contributed by atoms with E-state index in [1.165, 1.54) is 13.0 Å². The summed E-state index contributed by atoms with van der Waals surface area (Å²) >= 11 is 0. The second kappa shape index (κ2) is 8.40. The minimum absolute atomic E-state index is 0.0238. The summed E-state index contributed by atoms with van der Waals surface area (Å²) in [7, 11) is 0. The average molecular weight is 522 g/mol. The number of hydrogen-bond acceptors (Lipinski definition) is 10. The van der Waals surface area contributed by atoms with E-state index in [1.807, 2.05) is 6.92 Å². The molecule has 0 saturated heterocycles. The highest BCUT2D eigenvalue weighted by Crippen LogP contribution is 2.58. The SMILES string of the molecule is CCN=Cc1ccc(-c2ccc(O)c3c2C[C@H]2CC4(C)C(N)C(=O)C(C(N)=O)=C(O)[C@@]4(O)C(=O)C2=C3O)o1. The molecule has 2 aromatic rings. The Balaban J connectivity index is 1.71. The zero-order chi connectivity index (χ0) is 27.7. The van der Waals surface area contributed by atoms with Crippen LogP contribution in [0.4, 0.5) is 0 Å². The number of fused-ring (bicyclic) bond motifs is 3. The molecule has 1 aromatic heterocycles. The lowest BCUT2D eigenvalue weighted by molar-refractivity contribution is -0.163. The first kappa shape index (κ1) is 25.4. The van der Waals surface area contributed by atoms with Crippen LogP contribution < -0.4 is 11.5 Å². The summed E-state index contributed by atoms with van der Waals surface area (Å²) in [5, 5.41) is 44.5. The maximum Gasteiger partial charge on any atom is 0.255 e. The molecule has 1 amide bonds. The average Bonchev–Trinajstić information content (AvgIpc) is 3.33. The van der Waals surface area contributed by atoms with Crippen molar-refractivity contribution in [2.75, 3.05) is 6.54 Å². The van der Waals surface area contributed by atoms with E-state index in [9.17, 15) is 34.8 Å². The topological polar surface area (TPSA) is 210 Å². The Hall–Kier alpha value is -4.22. The molecule has 0 radical (unpaired) electrons. The van der Waals surface area contributed by atoms with Crippen LogP contribution in [-0.4, -0.2) is 62.3 Å². The lowest BCUT2D eigenvalue weighted by Gasteiger charge is -2.55. The van der Waals surface area contributed by atoms with Crippen molar-refractivity contribution in [1.82, 2.24) is 0 Å². The molecular weight excluding hydrogens is 494 g/mol. The highest BCUT2D eigenvalue weighted by atomic mass is 16.4. The van der Waals surface area contributed by atoms with Gasteiger partial charge in [0.2, 0.25) is 5.78 Å². The third kappa shape index (κ3) is 3.15. The molecule has 0 spiro atoms. The van der Waals surface area contributed by atoms with Crippen LogP contribution in [0.25, 0.3) is 17.1 Å². The predicted octanol–water partition coefficient (Wildman–Crippen LogP) is 1.45. The van der Waals surface area contributed by atoms with Crippen LogP contribution >= 0.6 is 0 Å². The van der Waals surface area contributed by atoms with E-state index in [1.54, 1.807) is 24.4 Å². The first-order chi connectivity index (χ1) is 17.9. The van der Waals surface area contributed by atoms with Gasteiger partial charge >= 0.3 is 0 Å². The van der Waals surface area contributed by atoms with Crippen LogP contribution in [0.15, 0.2) is 50.6 Å². The largest absolute Gasteiger partial charge is 0.508 e. The van der Waals surface area contributed by atoms with Gasteiger partial charge in [-0.2, -0.15) is 0 Å². The number of aliphatic hydroxyl groups is 3. The van der Waals surface area contributed by atoms with Gasteiger partial charge in [0.05, 0.1) is 17.8 Å². The van der Waals surface area contributed by atoms with Crippen LogP contribution in [0, 0.1) is 11.3 Å². The van der Waals surface area contributed by atoms with Gasteiger partial charge in [0.25, 0.3) is 5.91 Å². The van der Waals surface area contributed by atoms with Crippen molar-refractivity contribution in [3.8, 4) is 17.1 Å². The Kier molecular flexibility index (Phi) is 5.62. The van der Waals surface area contributed by atoms with Crippen molar-refractivity contribution in [3.63, 3.8) is 0 Å². The molecule has 8 N–H and O–H groups in total. The molecule has 198 valence electrons. The normalized spacial score (nSPS) is 28.9. The molecule has 1 heterocycles. The number of amides is 1. The third-order valence-corrected chi connectivity index (χ3v) is 8.05. The first-order valence-electron chi connectivity index (χ1n) is 12.1. The van der Waals surface area contributed by atoms with E-state index in [0.717, 1.165) is 0 Å². The molecule has 3 aliphatic rings. The van der Waals surface area contributed by atoms with Crippen molar-refractivity contribution < 1.29 is 39.2 Å². The highest BCUT2D eigenvalue weighted by Gasteiger charge is 2.69. The van der Waals surface area contributed by atoms with Gasteiger partial charge in [0.15, 0.2) is 11.4 Å². The molecule has 2 unspecified atom stereocenters. The van der Waals surface area contributed by atoms with Gasteiger partial charge in [-0.25, -0.2) is 0 Å². The standard InChI is InChI=1S/C27H27N3O8/c1-3-30-10-12-4-7-16(38-12)13-5-6-15(31)18-14(13)8-11-9-26(2)22(28)21(33)19(25(29)36)24(35)27(26,37)23(34)17(11)20(18)32/h4-7,10-11,22,31-32,35,37H,3,8-9,28H2,1-2H3,(H2,29,36)/t11-,22?,26?,27-/m0/s1. The second-order valence-corrected chi connectivity index (χ2v) is 10.1. The maximum absolute atomic E-state index is 13.8. The monoisotopic (exact) mass is 521 g/mol. The molecule has 0 aliphatic heterocycles. The van der Waals surface area contributed by atoms with Crippen LogP contribution in [-0.2, 0) is 20.8 Å². The number of ketones is 2. The van der Waals surface area contributed by atoms with Crippen LogP contribution in [0.3, 0.4) is 0 Å². The van der Waals surface area contributed by atoms with E-state index in [-0.39, 0.29) is 29.7 Å². The second-order valence-electron chi connectivity index (χ2n) is 10.1. The molecule has 1 saturated carbocycles. The van der Waals surface area contributed by atoms with Crippen LogP contribution in [0.1, 0.15) is 37.2 Å². The fraction of sp³-hybridized carbons (Fsp3) is 0.333. The number of hydrogen-bond donors (Lipinski definition) is 6. The number of nitrogens with zero attached hydrogens (tertiary/aromatic N) is 1. The van der Waals surface area contributed by atoms with Gasteiger partial charge < -0.3 is 36.3 Å². The summed E-state index contributed by atoms with van der Waals surface area (Å²) in [6, 6.07) is 4.86. The van der Waals surface area contributed by atoms with Crippen LogP contribution in [0.5, 0.6) is 5.75 Å². The Morgan fingerprint density at radius 2 is 1.92 bits per heavy atom. The lowest BCUT2D eigenvalue weighted by Crippen LogP contribution is -2.71. The van der Waals surface area contributed by atoms with E-state index < -0.39 is 57.5 Å². The Morgan fingerprint density at radius 1 is 1.21 bits per heavy atom. The first-order valence-corrected chi connectivity index (χ1v) is 12.1. The number of phenolic OH excluding ortho intramolecular Hbond substituents is 1. The molecule has 0 bridgehead atoms. The summed E-state index contributed by atoms with van der Waals surface area (Å²) < 4.78 is 5.89. The number of benzene rings is 1. The number of carbonyl (C=O) groups excluding carboxylic acids is 3. The highest BCUT2D eigenvalue weighted by molar-refractivity contribution is 6.25. The van der Waals surface area contributed by atoms with Gasteiger partial charge in [-0.15, -0.1) is 0 Å². The van der Waals surface area contributed by atoms with Crippen molar-refractivity contribution in [2.45, 2.75) is 38.3 Å². The van der Waals surface area contributed by atoms with Crippen molar-refractivity contribution in [1.29, 1.82) is 0 Å². The summed E-state index contributed by atoms with van der Waals surface area (Å²) in [6.45, 7) is 3.83. The van der Waals surface area contributed by atoms with E-state index in [0.29, 0.717) is 29.2 Å². The predicted molar refractivity (Wildman–Crippen MR) is 135 cm³/mol. The van der Waals surface area contributed by atoms with E-state index in [4.69, 9.17) is 15.9 Å². The van der Waals surface area contributed by atoms with Crippen LogP contribution in [0.2, 0.25) is 0 Å². The number of Topliss-reactive ketones (excluding diaryl/α,β-unsaturated/α-hetero) is 2. The third-order valence-electron chi connectivity index (χ3n) is 8.05. The number of phenols is 1. The minimum atomic E-state index is -2.80. The molecule has 1 aromatic carbocycles. The summed E-state index contributed by atoms with van der Waals surface area (Å²) in [4.78, 5) is 42.8. The number of aliphatic imine (C=N–C) groups is 1. The fourth-order valence-electron chi connectivity index (χ4n) is 6.06. The van der Waals surface area contributed by atoms with Gasteiger partial charge in [0.1, 0.15) is 34.4 Å².